The van der Waals surface area contributed by atoms with Crippen LogP contribution in [0.15, 0.2) is 12.4 Å². The molecular weight excluding hydrogens is 210 g/mol. The van der Waals surface area contributed by atoms with Gasteiger partial charge in [-0.3, -0.25) is 4.98 Å². The van der Waals surface area contributed by atoms with Crippen LogP contribution in [0.1, 0.15) is 31.4 Å². The molecule has 0 spiro atoms. The molecule has 0 amide bonds. The van der Waals surface area contributed by atoms with E-state index in [4.69, 9.17) is 11.6 Å². The molecule has 0 aromatic carbocycles. The molecule has 0 unspecified atom stereocenters. The van der Waals surface area contributed by atoms with Crippen molar-refractivity contribution in [1.82, 2.24) is 9.97 Å². The third-order valence-electron chi connectivity index (χ3n) is 2.74. The van der Waals surface area contributed by atoms with Gasteiger partial charge in [-0.1, -0.05) is 12.8 Å². The lowest BCUT2D eigenvalue weighted by molar-refractivity contribution is 0.726. The van der Waals surface area contributed by atoms with E-state index in [1.807, 2.05) is 6.20 Å². The second-order valence-corrected chi connectivity index (χ2v) is 4.17. The van der Waals surface area contributed by atoms with E-state index < -0.39 is 0 Å². The topological polar surface area (TPSA) is 29.0 Å². The highest BCUT2D eigenvalue weighted by molar-refractivity contribution is 6.16. The highest BCUT2D eigenvalue weighted by Crippen LogP contribution is 2.16. The Morgan fingerprint density at radius 2 is 1.87 bits per heavy atom. The van der Waals surface area contributed by atoms with Gasteiger partial charge in [0, 0.05) is 19.3 Å². The first kappa shape index (κ1) is 10.7. The average molecular weight is 226 g/mol. The Labute approximate surface area is 95.5 Å². The summed E-state index contributed by atoms with van der Waals surface area (Å²) in [4.78, 5) is 11.0. The quantitative estimate of drug-likeness (QED) is 0.725. The summed E-state index contributed by atoms with van der Waals surface area (Å²) in [7, 11) is 0. The molecule has 1 saturated heterocycles. The van der Waals surface area contributed by atoms with Crippen molar-refractivity contribution in [3.8, 4) is 0 Å². The molecule has 0 radical (unpaired) electrons. The Hall–Kier alpha value is -0.830. The maximum absolute atomic E-state index is 5.75. The van der Waals surface area contributed by atoms with E-state index in [0.29, 0.717) is 5.88 Å². The molecule has 1 aromatic heterocycles. The highest BCUT2D eigenvalue weighted by atomic mass is 35.5. The van der Waals surface area contributed by atoms with Gasteiger partial charge >= 0.3 is 0 Å². The largest absolute Gasteiger partial charge is 0.355 e. The molecule has 0 saturated carbocycles. The molecule has 0 bridgehead atoms. The van der Waals surface area contributed by atoms with Crippen molar-refractivity contribution in [3.63, 3.8) is 0 Å². The van der Waals surface area contributed by atoms with Crippen LogP contribution in [-0.4, -0.2) is 23.1 Å². The molecule has 1 aromatic rings. The summed E-state index contributed by atoms with van der Waals surface area (Å²) in [5, 5.41) is 0. The number of aromatic nitrogens is 2. The van der Waals surface area contributed by atoms with Crippen LogP contribution in [0.25, 0.3) is 0 Å². The number of anilines is 1. The minimum absolute atomic E-state index is 0.439. The number of hydrogen-bond donors (Lipinski definition) is 0. The van der Waals surface area contributed by atoms with Crippen LogP contribution in [0.3, 0.4) is 0 Å². The first-order valence-electron chi connectivity index (χ1n) is 5.52. The van der Waals surface area contributed by atoms with Gasteiger partial charge in [0.1, 0.15) is 5.82 Å². The zero-order chi connectivity index (χ0) is 10.5. The van der Waals surface area contributed by atoms with Crippen LogP contribution in [-0.2, 0) is 5.88 Å². The third kappa shape index (κ3) is 2.81. The molecular formula is C11H16ClN3. The van der Waals surface area contributed by atoms with Crippen molar-refractivity contribution in [3.05, 3.63) is 18.1 Å². The van der Waals surface area contributed by atoms with Crippen molar-refractivity contribution < 1.29 is 0 Å². The molecule has 1 aliphatic rings. The van der Waals surface area contributed by atoms with Crippen LogP contribution >= 0.6 is 11.6 Å². The molecule has 15 heavy (non-hydrogen) atoms. The van der Waals surface area contributed by atoms with Gasteiger partial charge in [0.2, 0.25) is 0 Å². The van der Waals surface area contributed by atoms with Crippen molar-refractivity contribution in [2.75, 3.05) is 18.0 Å². The molecule has 82 valence electrons. The zero-order valence-electron chi connectivity index (χ0n) is 8.82. The lowest BCUT2D eigenvalue weighted by Crippen LogP contribution is -2.25. The highest BCUT2D eigenvalue weighted by Gasteiger charge is 2.11. The maximum Gasteiger partial charge on any atom is 0.147 e. The van der Waals surface area contributed by atoms with Gasteiger partial charge in [-0.2, -0.15) is 0 Å². The number of halogens is 1. The summed E-state index contributed by atoms with van der Waals surface area (Å²) in [5.41, 5.74) is 0.860. The van der Waals surface area contributed by atoms with Gasteiger partial charge in [0.15, 0.2) is 0 Å². The standard InChI is InChI=1S/C11H16ClN3/c12-7-10-8-13-9-11(14-10)15-5-3-1-2-4-6-15/h8-9H,1-7H2. The molecule has 0 aliphatic carbocycles. The number of rotatable bonds is 2. The maximum atomic E-state index is 5.75. The Balaban J connectivity index is 2.12. The van der Waals surface area contributed by atoms with E-state index in [9.17, 15) is 0 Å². The SMILES string of the molecule is ClCc1cncc(N2CCCCCC2)n1. The van der Waals surface area contributed by atoms with E-state index >= 15 is 0 Å². The summed E-state index contributed by atoms with van der Waals surface area (Å²) >= 11 is 5.75. The van der Waals surface area contributed by atoms with Gasteiger partial charge in [0.05, 0.1) is 17.8 Å². The van der Waals surface area contributed by atoms with Crippen LogP contribution in [0.5, 0.6) is 0 Å². The first-order chi connectivity index (χ1) is 7.40. The zero-order valence-corrected chi connectivity index (χ0v) is 9.58. The smallest absolute Gasteiger partial charge is 0.147 e. The van der Waals surface area contributed by atoms with E-state index in [2.05, 4.69) is 14.9 Å². The van der Waals surface area contributed by atoms with E-state index in [-0.39, 0.29) is 0 Å². The Morgan fingerprint density at radius 1 is 1.13 bits per heavy atom. The monoisotopic (exact) mass is 225 g/mol. The van der Waals surface area contributed by atoms with Crippen molar-refractivity contribution in [1.29, 1.82) is 0 Å². The Morgan fingerprint density at radius 3 is 2.53 bits per heavy atom. The summed E-state index contributed by atoms with van der Waals surface area (Å²) in [6.45, 7) is 2.20. The Bertz CT molecular complexity index is 308. The van der Waals surface area contributed by atoms with Gasteiger partial charge in [-0.05, 0) is 12.8 Å². The third-order valence-corrected chi connectivity index (χ3v) is 3.01. The Kier molecular flexibility index (Phi) is 3.78. The van der Waals surface area contributed by atoms with Gasteiger partial charge in [0.25, 0.3) is 0 Å². The summed E-state index contributed by atoms with van der Waals surface area (Å²) in [6, 6.07) is 0. The van der Waals surface area contributed by atoms with Crippen LogP contribution in [0.4, 0.5) is 5.82 Å². The number of nitrogens with zero attached hydrogens (tertiary/aromatic N) is 3. The number of alkyl halides is 1. The van der Waals surface area contributed by atoms with Crippen LogP contribution in [0, 0.1) is 0 Å². The van der Waals surface area contributed by atoms with Crippen LogP contribution < -0.4 is 4.90 Å². The molecule has 4 heteroatoms. The summed E-state index contributed by atoms with van der Waals surface area (Å²) in [5.74, 6) is 1.42. The van der Waals surface area contributed by atoms with Crippen molar-refractivity contribution in [2.24, 2.45) is 0 Å². The molecule has 2 rings (SSSR count). The van der Waals surface area contributed by atoms with E-state index in [1.165, 1.54) is 25.7 Å². The van der Waals surface area contributed by atoms with Gasteiger partial charge in [-0.15, -0.1) is 11.6 Å². The lowest BCUT2D eigenvalue weighted by Gasteiger charge is -2.21. The van der Waals surface area contributed by atoms with Gasteiger partial charge in [-0.25, -0.2) is 4.98 Å². The molecule has 0 N–H and O–H groups in total. The number of hydrogen-bond acceptors (Lipinski definition) is 3. The van der Waals surface area contributed by atoms with Crippen molar-refractivity contribution in [2.45, 2.75) is 31.6 Å². The van der Waals surface area contributed by atoms with E-state index in [0.717, 1.165) is 24.6 Å². The summed E-state index contributed by atoms with van der Waals surface area (Å²) < 4.78 is 0. The first-order valence-corrected chi connectivity index (χ1v) is 6.05. The normalized spacial score (nSPS) is 17.5. The fraction of sp³-hybridized carbons (Fsp3) is 0.636. The molecule has 3 nitrogen and oxygen atoms in total. The fourth-order valence-corrected chi connectivity index (χ4v) is 2.04. The second-order valence-electron chi connectivity index (χ2n) is 3.90. The predicted octanol–water partition coefficient (Wildman–Crippen LogP) is 2.60. The second kappa shape index (κ2) is 5.31. The molecule has 2 heterocycles. The minimum atomic E-state index is 0.439. The minimum Gasteiger partial charge on any atom is -0.355 e. The summed E-state index contributed by atoms with van der Waals surface area (Å²) in [6.07, 6.45) is 8.74. The van der Waals surface area contributed by atoms with Crippen molar-refractivity contribution >= 4 is 17.4 Å². The van der Waals surface area contributed by atoms with Gasteiger partial charge < -0.3 is 4.90 Å². The average Bonchev–Trinajstić information content (AvgIpc) is 2.58. The molecule has 1 aliphatic heterocycles. The predicted molar refractivity (Wildman–Crippen MR) is 62.3 cm³/mol. The fourth-order valence-electron chi connectivity index (χ4n) is 1.91. The molecule has 1 fully saturated rings. The lowest BCUT2D eigenvalue weighted by atomic mass is 10.2. The molecule has 0 atom stereocenters. The van der Waals surface area contributed by atoms with E-state index in [1.54, 1.807) is 6.20 Å². The van der Waals surface area contributed by atoms with Crippen LogP contribution in [0.2, 0.25) is 0 Å².